The summed E-state index contributed by atoms with van der Waals surface area (Å²) in [6, 6.07) is 9.95. The lowest BCUT2D eigenvalue weighted by atomic mass is 10.2. The molecule has 2 aromatic carbocycles. The van der Waals surface area contributed by atoms with Gasteiger partial charge in [0.05, 0.1) is 4.92 Å². The highest BCUT2D eigenvalue weighted by Gasteiger charge is 2.12. The number of nitrogens with two attached hydrogens (primary N) is 1. The summed E-state index contributed by atoms with van der Waals surface area (Å²) in [4.78, 5) is 10.3. The van der Waals surface area contributed by atoms with Gasteiger partial charge in [-0.2, -0.15) is 0 Å². The lowest BCUT2D eigenvalue weighted by Gasteiger charge is -2.10. The van der Waals surface area contributed by atoms with E-state index in [1.165, 1.54) is 12.1 Å². The van der Waals surface area contributed by atoms with Gasteiger partial charge in [0.15, 0.2) is 0 Å². The van der Waals surface area contributed by atoms with Gasteiger partial charge < -0.3 is 10.5 Å². The highest BCUT2D eigenvalue weighted by molar-refractivity contribution is 6.30. The average Bonchev–Trinajstić information content (AvgIpc) is 2.41. The largest absolute Gasteiger partial charge is 0.489 e. The molecule has 104 valence electrons. The molecular weight excluding hydrogens is 280 g/mol. The Hall–Kier alpha value is -2.27. The van der Waals surface area contributed by atoms with E-state index in [2.05, 4.69) is 0 Å². The van der Waals surface area contributed by atoms with Crippen LogP contribution in [0.15, 0.2) is 36.4 Å². The maximum Gasteiger partial charge on any atom is 0.292 e. The SMILES string of the molecule is Cc1ccc(Cl)cc1OCc1ccc(N)c([N+](=O)[O-])c1. The molecule has 6 heteroatoms. The van der Waals surface area contributed by atoms with Crippen LogP contribution in [0.5, 0.6) is 5.75 Å². The van der Waals surface area contributed by atoms with Crippen molar-refractivity contribution in [1.82, 2.24) is 0 Å². The maximum absolute atomic E-state index is 10.8. The summed E-state index contributed by atoms with van der Waals surface area (Å²) in [6.45, 7) is 2.11. The monoisotopic (exact) mass is 292 g/mol. The Morgan fingerprint density at radius 3 is 2.75 bits per heavy atom. The summed E-state index contributed by atoms with van der Waals surface area (Å²) in [7, 11) is 0. The minimum Gasteiger partial charge on any atom is -0.489 e. The van der Waals surface area contributed by atoms with E-state index in [1.54, 1.807) is 18.2 Å². The smallest absolute Gasteiger partial charge is 0.292 e. The van der Waals surface area contributed by atoms with Gasteiger partial charge in [0.1, 0.15) is 18.0 Å². The standard InChI is InChI=1S/C14H13ClN2O3/c1-9-2-4-11(15)7-14(9)20-8-10-3-5-12(16)13(6-10)17(18)19/h2-7H,8,16H2,1H3. The highest BCUT2D eigenvalue weighted by atomic mass is 35.5. The quantitative estimate of drug-likeness (QED) is 0.529. The van der Waals surface area contributed by atoms with Crippen molar-refractivity contribution in [2.75, 3.05) is 5.73 Å². The molecule has 0 unspecified atom stereocenters. The second-order valence-corrected chi connectivity index (χ2v) is 4.79. The molecule has 2 N–H and O–H groups in total. The predicted molar refractivity (Wildman–Crippen MR) is 78.0 cm³/mol. The van der Waals surface area contributed by atoms with Crippen molar-refractivity contribution < 1.29 is 9.66 Å². The zero-order valence-electron chi connectivity index (χ0n) is 10.8. The van der Waals surface area contributed by atoms with Crippen LogP contribution in [0.25, 0.3) is 0 Å². The normalized spacial score (nSPS) is 10.3. The Bertz CT molecular complexity index is 659. The molecule has 0 aliphatic rings. The third kappa shape index (κ3) is 3.19. The van der Waals surface area contributed by atoms with Crippen molar-refractivity contribution >= 4 is 23.0 Å². The van der Waals surface area contributed by atoms with E-state index in [0.29, 0.717) is 16.3 Å². The number of benzene rings is 2. The molecule has 0 radical (unpaired) electrons. The van der Waals surface area contributed by atoms with Gasteiger partial charge in [0.25, 0.3) is 5.69 Å². The third-order valence-corrected chi connectivity index (χ3v) is 3.07. The van der Waals surface area contributed by atoms with Gasteiger partial charge in [0, 0.05) is 11.1 Å². The molecule has 0 aromatic heterocycles. The van der Waals surface area contributed by atoms with Crippen molar-refractivity contribution in [1.29, 1.82) is 0 Å². The average molecular weight is 293 g/mol. The molecule has 2 aromatic rings. The Morgan fingerprint density at radius 2 is 2.05 bits per heavy atom. The number of nitrogen functional groups attached to an aromatic ring is 1. The van der Waals surface area contributed by atoms with Crippen LogP contribution in [0.1, 0.15) is 11.1 Å². The number of anilines is 1. The molecule has 0 heterocycles. The highest BCUT2D eigenvalue weighted by Crippen LogP contribution is 2.26. The van der Waals surface area contributed by atoms with Gasteiger partial charge in [-0.15, -0.1) is 0 Å². The molecule has 0 saturated heterocycles. The van der Waals surface area contributed by atoms with Gasteiger partial charge >= 0.3 is 0 Å². The third-order valence-electron chi connectivity index (χ3n) is 2.84. The zero-order chi connectivity index (χ0) is 14.7. The molecule has 0 amide bonds. The van der Waals surface area contributed by atoms with Crippen molar-refractivity contribution in [3.8, 4) is 5.75 Å². The molecule has 20 heavy (non-hydrogen) atoms. The fraction of sp³-hybridized carbons (Fsp3) is 0.143. The van der Waals surface area contributed by atoms with Crippen LogP contribution >= 0.6 is 11.6 Å². The molecule has 0 bridgehead atoms. The van der Waals surface area contributed by atoms with Crippen LogP contribution in [0.2, 0.25) is 5.02 Å². The predicted octanol–water partition coefficient (Wildman–Crippen LogP) is 3.72. The van der Waals surface area contributed by atoms with Crippen molar-refractivity contribution in [2.45, 2.75) is 13.5 Å². The number of aryl methyl sites for hydroxylation is 1. The Labute approximate surface area is 121 Å². The van der Waals surface area contributed by atoms with Crippen LogP contribution in [0, 0.1) is 17.0 Å². The van der Waals surface area contributed by atoms with Gasteiger partial charge in [-0.1, -0.05) is 23.7 Å². The van der Waals surface area contributed by atoms with E-state index < -0.39 is 4.92 Å². The maximum atomic E-state index is 10.8. The molecule has 2 rings (SSSR count). The molecule has 0 atom stereocenters. The lowest BCUT2D eigenvalue weighted by molar-refractivity contribution is -0.384. The summed E-state index contributed by atoms with van der Waals surface area (Å²) < 4.78 is 5.63. The first-order valence-electron chi connectivity index (χ1n) is 5.89. The van der Waals surface area contributed by atoms with Crippen LogP contribution in [0.4, 0.5) is 11.4 Å². The van der Waals surface area contributed by atoms with E-state index in [4.69, 9.17) is 22.1 Å². The van der Waals surface area contributed by atoms with Crippen LogP contribution in [0.3, 0.4) is 0 Å². The minimum absolute atomic E-state index is 0.117. The molecule has 0 fully saturated rings. The number of rotatable bonds is 4. The molecule has 0 spiro atoms. The first-order valence-corrected chi connectivity index (χ1v) is 6.27. The Kier molecular flexibility index (Phi) is 4.10. The van der Waals surface area contributed by atoms with E-state index >= 15 is 0 Å². The molecule has 5 nitrogen and oxygen atoms in total. The minimum atomic E-state index is -0.510. The van der Waals surface area contributed by atoms with Crippen molar-refractivity contribution in [3.05, 3.63) is 62.7 Å². The van der Waals surface area contributed by atoms with Crippen LogP contribution in [-0.4, -0.2) is 4.92 Å². The first kappa shape index (κ1) is 14.1. The number of nitro groups is 1. The second kappa shape index (κ2) is 5.79. The van der Waals surface area contributed by atoms with Gasteiger partial charge in [-0.05, 0) is 36.2 Å². The fourth-order valence-electron chi connectivity index (χ4n) is 1.73. The van der Waals surface area contributed by atoms with Gasteiger partial charge in [-0.25, -0.2) is 0 Å². The molecule has 0 aliphatic carbocycles. The first-order chi connectivity index (χ1) is 9.47. The Morgan fingerprint density at radius 1 is 1.30 bits per heavy atom. The summed E-state index contributed by atoms with van der Waals surface area (Å²) in [6.07, 6.45) is 0. The van der Waals surface area contributed by atoms with E-state index in [1.807, 2.05) is 13.0 Å². The van der Waals surface area contributed by atoms with E-state index in [0.717, 1.165) is 5.56 Å². The van der Waals surface area contributed by atoms with Crippen molar-refractivity contribution in [2.24, 2.45) is 0 Å². The summed E-state index contributed by atoms with van der Waals surface area (Å²) >= 11 is 5.90. The van der Waals surface area contributed by atoms with Gasteiger partial charge in [-0.3, -0.25) is 10.1 Å². The summed E-state index contributed by atoms with van der Waals surface area (Å²) in [5.74, 6) is 0.650. The molecule has 0 saturated carbocycles. The van der Waals surface area contributed by atoms with Crippen LogP contribution < -0.4 is 10.5 Å². The zero-order valence-corrected chi connectivity index (χ0v) is 11.6. The number of ether oxygens (including phenoxy) is 1. The summed E-state index contributed by atoms with van der Waals surface area (Å²) in [5, 5.41) is 11.4. The van der Waals surface area contributed by atoms with E-state index in [9.17, 15) is 10.1 Å². The fourth-order valence-corrected chi connectivity index (χ4v) is 1.89. The number of nitro benzene ring substituents is 1. The van der Waals surface area contributed by atoms with Crippen molar-refractivity contribution in [3.63, 3.8) is 0 Å². The number of halogens is 1. The van der Waals surface area contributed by atoms with Gasteiger partial charge in [0.2, 0.25) is 0 Å². The topological polar surface area (TPSA) is 78.4 Å². The van der Waals surface area contributed by atoms with Crippen LogP contribution in [-0.2, 0) is 6.61 Å². The number of nitrogens with zero attached hydrogens (tertiary/aromatic N) is 1. The lowest BCUT2D eigenvalue weighted by Crippen LogP contribution is -2.00. The molecule has 0 aliphatic heterocycles. The number of hydrogen-bond donors (Lipinski definition) is 1. The second-order valence-electron chi connectivity index (χ2n) is 4.35. The Balaban J connectivity index is 2.17. The summed E-state index contributed by atoms with van der Waals surface area (Å²) in [5.41, 5.74) is 7.18. The van der Waals surface area contributed by atoms with E-state index in [-0.39, 0.29) is 18.0 Å². The number of hydrogen-bond acceptors (Lipinski definition) is 4. The molecular formula is C14H13ClN2O3.